The molecule has 0 bridgehead atoms. The van der Waals surface area contributed by atoms with Gasteiger partial charge in [-0.05, 0) is 14.0 Å². The molecule has 0 fully saturated rings. The molecule has 1 amide bonds. The Kier molecular flexibility index (Phi) is 4.03. The van der Waals surface area contributed by atoms with Crippen LogP contribution < -0.4 is 0 Å². The molecule has 0 radical (unpaired) electrons. The topological polar surface area (TPSA) is 51.0 Å². The molecule has 4 atom stereocenters. The van der Waals surface area contributed by atoms with Gasteiger partial charge in [-0.2, -0.15) is 0 Å². The van der Waals surface area contributed by atoms with Gasteiger partial charge in [0.15, 0.2) is 5.69 Å². The van der Waals surface area contributed by atoms with Crippen molar-refractivity contribution in [2.75, 3.05) is 13.6 Å². The quantitative estimate of drug-likeness (QED) is 0.781. The zero-order valence-corrected chi connectivity index (χ0v) is 12.9. The maximum absolute atomic E-state index is 12.1. The molecule has 4 unspecified atom stereocenters. The van der Waals surface area contributed by atoms with Crippen LogP contribution in [0, 0.1) is 0 Å². The van der Waals surface area contributed by atoms with Gasteiger partial charge in [-0.1, -0.05) is 20.2 Å². The van der Waals surface area contributed by atoms with Crippen LogP contribution in [0.4, 0.5) is 0 Å². The molecule has 2 rings (SSSR count). The van der Waals surface area contributed by atoms with Crippen LogP contribution in [0.1, 0.15) is 16.2 Å². The predicted molar refractivity (Wildman–Crippen MR) is 76.1 cm³/mol. The molecule has 16 heavy (non-hydrogen) atoms. The fourth-order valence-electron chi connectivity index (χ4n) is 1.38. The summed E-state index contributed by atoms with van der Waals surface area (Å²) in [5.74, 6) is -0.0109. The number of aromatic nitrogens is 3. The lowest BCUT2D eigenvalue weighted by atomic mass is 10.3. The summed E-state index contributed by atoms with van der Waals surface area (Å²) in [6.07, 6.45) is 3.79. The van der Waals surface area contributed by atoms with E-state index in [1.807, 2.05) is 12.2 Å². The minimum atomic E-state index is -0.540. The van der Waals surface area contributed by atoms with Gasteiger partial charge in [0.25, 0.3) is 5.91 Å². The lowest BCUT2D eigenvalue weighted by Crippen LogP contribution is -2.27. The second-order valence-electron chi connectivity index (χ2n) is 3.27. The van der Waals surface area contributed by atoms with E-state index < -0.39 is 7.45 Å². The molecule has 0 spiro atoms. The second-order valence-corrected chi connectivity index (χ2v) is 12.1. The molecule has 0 saturated heterocycles. The molecular weight excluding hydrogens is 280 g/mol. The number of amides is 1. The van der Waals surface area contributed by atoms with Gasteiger partial charge < -0.3 is 4.90 Å². The van der Waals surface area contributed by atoms with Crippen LogP contribution >= 0.6 is 33.3 Å². The number of hydrogen-bond donors (Lipinski definition) is 0. The number of likely N-dealkylation sites (N-methyl/N-ethyl adjacent to an activating group) is 1. The monoisotopic (exact) mass is 292 g/mol. The molecule has 9 heteroatoms. The normalized spacial score (nSPS) is 17.9. The zero-order valence-electron chi connectivity index (χ0n) is 8.66. The summed E-state index contributed by atoms with van der Waals surface area (Å²) < 4.78 is 1.75. The van der Waals surface area contributed by atoms with Crippen molar-refractivity contribution < 1.29 is 4.79 Å². The molecule has 1 aliphatic rings. The number of carbonyl (C=O) groups is 1. The molecule has 1 aliphatic heterocycles. The number of rotatable bonds is 2. The Labute approximate surface area is 101 Å². The molecule has 0 aromatic carbocycles. The lowest BCUT2D eigenvalue weighted by molar-refractivity contribution is 0.0804. The van der Waals surface area contributed by atoms with E-state index in [1.54, 1.807) is 16.4 Å². The minimum absolute atomic E-state index is 0.0109. The van der Waals surface area contributed by atoms with E-state index in [0.717, 1.165) is 0 Å². The first kappa shape index (κ1) is 12.5. The third-order valence-corrected chi connectivity index (χ3v) is 11.6. The highest BCUT2D eigenvalue weighted by Gasteiger charge is 2.25. The highest BCUT2D eigenvalue weighted by atomic mass is 32.6. The molecule has 86 valence electrons. The standard InChI is InChI=1S/C7H12N4OP4/c1-10-4-2-3-5-6(7(10)12)11(9-8-5)16(14)15-13/h2-3,15H,4,13-14H2,1H3. The number of nitrogens with zero attached hydrogens (tertiary/aromatic N) is 4. The number of hydrogen-bond acceptors (Lipinski definition) is 3. The largest absolute Gasteiger partial charge is 0.337 e. The van der Waals surface area contributed by atoms with Gasteiger partial charge in [0.1, 0.15) is 5.69 Å². The van der Waals surface area contributed by atoms with Crippen LogP contribution in [0.3, 0.4) is 0 Å². The summed E-state index contributed by atoms with van der Waals surface area (Å²) >= 11 is 0. The summed E-state index contributed by atoms with van der Waals surface area (Å²) in [5, 5.41) is 8.11. The molecule has 0 saturated carbocycles. The summed E-state index contributed by atoms with van der Waals surface area (Å²) in [7, 11) is 7.31. The third kappa shape index (κ3) is 2.20. The smallest absolute Gasteiger partial charge is 0.274 e. The van der Waals surface area contributed by atoms with Crippen molar-refractivity contribution in [2.24, 2.45) is 0 Å². The first-order chi connectivity index (χ1) is 7.65. The van der Waals surface area contributed by atoms with Crippen molar-refractivity contribution in [3.63, 3.8) is 0 Å². The number of carbonyl (C=O) groups excluding carboxylic acids is 1. The van der Waals surface area contributed by atoms with Crippen LogP contribution in [0.15, 0.2) is 6.08 Å². The third-order valence-electron chi connectivity index (χ3n) is 2.22. The van der Waals surface area contributed by atoms with Crippen LogP contribution in [-0.2, 0) is 0 Å². The van der Waals surface area contributed by atoms with Crippen molar-refractivity contribution in [1.29, 1.82) is 0 Å². The molecule has 1 aromatic rings. The summed E-state index contributed by atoms with van der Waals surface area (Å²) in [6, 6.07) is 0. The second kappa shape index (κ2) is 5.15. The Bertz CT molecular complexity index is 446. The van der Waals surface area contributed by atoms with Gasteiger partial charge in [0, 0.05) is 13.6 Å². The minimum Gasteiger partial charge on any atom is -0.337 e. The maximum Gasteiger partial charge on any atom is 0.274 e. The van der Waals surface area contributed by atoms with E-state index >= 15 is 0 Å². The fourth-order valence-corrected chi connectivity index (χ4v) is 4.24. The zero-order chi connectivity index (χ0) is 11.7. The maximum atomic E-state index is 12.1. The van der Waals surface area contributed by atoms with Gasteiger partial charge in [-0.3, -0.25) is 4.79 Å². The van der Waals surface area contributed by atoms with Gasteiger partial charge in [-0.15, -0.1) is 14.0 Å². The highest BCUT2D eigenvalue weighted by Crippen LogP contribution is 2.66. The Balaban J connectivity index is 2.51. The van der Waals surface area contributed by atoms with Gasteiger partial charge in [-0.25, -0.2) is 4.45 Å². The van der Waals surface area contributed by atoms with Crippen molar-refractivity contribution in [3.05, 3.63) is 17.5 Å². The summed E-state index contributed by atoms with van der Waals surface area (Å²) in [5.41, 5.74) is 1.28. The average Bonchev–Trinajstić information content (AvgIpc) is 2.65. The number of fused-ring (bicyclic) bond motifs is 1. The van der Waals surface area contributed by atoms with Crippen molar-refractivity contribution in [2.45, 2.75) is 0 Å². The van der Waals surface area contributed by atoms with Gasteiger partial charge in [0.2, 0.25) is 0 Å². The van der Waals surface area contributed by atoms with E-state index in [4.69, 9.17) is 0 Å². The van der Waals surface area contributed by atoms with Gasteiger partial charge in [0.05, 0.1) is 7.45 Å². The Morgan fingerprint density at radius 1 is 1.62 bits per heavy atom. The SMILES string of the molecule is CN1CC=Cc2nnn(P(P)PP)c2C1=O. The van der Waals surface area contributed by atoms with E-state index in [2.05, 4.69) is 28.2 Å². The molecule has 2 heterocycles. The molecular formula is C7H12N4OP4. The van der Waals surface area contributed by atoms with E-state index in [0.29, 0.717) is 25.9 Å². The van der Waals surface area contributed by atoms with Crippen LogP contribution in [0.25, 0.3) is 6.08 Å². The van der Waals surface area contributed by atoms with Gasteiger partial charge >= 0.3 is 0 Å². The Morgan fingerprint density at radius 3 is 3.06 bits per heavy atom. The van der Waals surface area contributed by atoms with E-state index in [-0.39, 0.29) is 5.91 Å². The molecule has 5 nitrogen and oxygen atoms in total. The first-order valence-electron chi connectivity index (χ1n) is 4.54. The molecule has 1 aromatic heterocycles. The van der Waals surface area contributed by atoms with Crippen molar-refractivity contribution >= 4 is 45.2 Å². The first-order valence-corrected chi connectivity index (χ1v) is 11.1. The van der Waals surface area contributed by atoms with E-state index in [1.165, 1.54) is 0 Å². The van der Waals surface area contributed by atoms with Crippen molar-refractivity contribution in [3.8, 4) is 0 Å². The van der Waals surface area contributed by atoms with Crippen LogP contribution in [0.2, 0.25) is 0 Å². The van der Waals surface area contributed by atoms with Crippen molar-refractivity contribution in [1.82, 2.24) is 19.7 Å². The fraction of sp³-hybridized carbons (Fsp3) is 0.286. The molecule has 0 N–H and O–H groups in total. The average molecular weight is 292 g/mol. The lowest BCUT2D eigenvalue weighted by Gasteiger charge is -2.16. The van der Waals surface area contributed by atoms with Crippen LogP contribution in [-0.4, -0.2) is 39.2 Å². The van der Waals surface area contributed by atoms with Crippen LogP contribution in [0.5, 0.6) is 0 Å². The molecule has 0 aliphatic carbocycles. The Hall–Kier alpha value is 0.0700. The van der Waals surface area contributed by atoms with E-state index in [9.17, 15) is 4.79 Å². The predicted octanol–water partition coefficient (Wildman–Crippen LogP) is 1.80. The highest BCUT2D eigenvalue weighted by molar-refractivity contribution is 8.60. The summed E-state index contributed by atoms with van der Waals surface area (Å²) in [4.78, 5) is 13.8. The Morgan fingerprint density at radius 2 is 2.38 bits per heavy atom. The summed E-state index contributed by atoms with van der Waals surface area (Å²) in [6.45, 7) is 0.618.